The van der Waals surface area contributed by atoms with Gasteiger partial charge in [-0.2, -0.15) is 0 Å². The van der Waals surface area contributed by atoms with E-state index in [1.165, 1.54) is 0 Å². The van der Waals surface area contributed by atoms with Gasteiger partial charge >= 0.3 is 0 Å². The van der Waals surface area contributed by atoms with Gasteiger partial charge in [-0.05, 0) is 6.42 Å². The molecule has 1 amide bonds. The maximum absolute atomic E-state index is 11.1. The summed E-state index contributed by atoms with van der Waals surface area (Å²) in [4.78, 5) is 13.1. The van der Waals surface area contributed by atoms with Gasteiger partial charge in [-0.1, -0.05) is 13.8 Å². The van der Waals surface area contributed by atoms with Crippen molar-refractivity contribution in [3.05, 3.63) is 0 Å². The van der Waals surface area contributed by atoms with Crippen LogP contribution in [-0.2, 0) is 4.79 Å². The Morgan fingerprint density at radius 1 is 1.58 bits per heavy atom. The average Bonchev–Trinajstić information content (AvgIpc) is 2.36. The third kappa shape index (κ3) is 2.81. The van der Waals surface area contributed by atoms with E-state index in [0.29, 0.717) is 11.9 Å². The molecule has 1 aliphatic rings. The SMILES string of the molecule is CC(C)NCCN1CCCC1=O. The number of nitrogens with zero attached hydrogens (tertiary/aromatic N) is 1. The van der Waals surface area contributed by atoms with Gasteiger partial charge in [0.05, 0.1) is 0 Å². The van der Waals surface area contributed by atoms with Crippen LogP contribution in [-0.4, -0.2) is 36.5 Å². The van der Waals surface area contributed by atoms with Gasteiger partial charge in [-0.3, -0.25) is 4.79 Å². The second kappa shape index (κ2) is 4.45. The Morgan fingerprint density at radius 3 is 2.83 bits per heavy atom. The number of rotatable bonds is 4. The molecule has 0 spiro atoms. The predicted molar refractivity (Wildman–Crippen MR) is 49.0 cm³/mol. The van der Waals surface area contributed by atoms with Crippen LogP contribution in [0.1, 0.15) is 26.7 Å². The third-order valence-corrected chi connectivity index (χ3v) is 2.11. The molecule has 3 heteroatoms. The quantitative estimate of drug-likeness (QED) is 0.670. The van der Waals surface area contributed by atoms with Crippen LogP contribution in [0.5, 0.6) is 0 Å². The Labute approximate surface area is 74.1 Å². The summed E-state index contributed by atoms with van der Waals surface area (Å²) < 4.78 is 0. The fourth-order valence-corrected chi connectivity index (χ4v) is 1.43. The molecule has 0 saturated carbocycles. The molecule has 0 bridgehead atoms. The van der Waals surface area contributed by atoms with Crippen molar-refractivity contribution in [1.82, 2.24) is 10.2 Å². The second-order valence-corrected chi connectivity index (χ2v) is 3.59. The van der Waals surface area contributed by atoms with E-state index in [-0.39, 0.29) is 0 Å². The summed E-state index contributed by atoms with van der Waals surface area (Å²) >= 11 is 0. The van der Waals surface area contributed by atoms with Gasteiger partial charge in [-0.15, -0.1) is 0 Å². The zero-order valence-electron chi connectivity index (χ0n) is 7.97. The minimum Gasteiger partial charge on any atom is -0.341 e. The summed E-state index contributed by atoms with van der Waals surface area (Å²) in [6.45, 7) is 6.98. The molecule has 3 nitrogen and oxygen atoms in total. The lowest BCUT2D eigenvalue weighted by molar-refractivity contribution is -0.127. The molecule has 1 rings (SSSR count). The first-order valence-electron chi connectivity index (χ1n) is 4.71. The fourth-order valence-electron chi connectivity index (χ4n) is 1.43. The van der Waals surface area contributed by atoms with Gasteiger partial charge < -0.3 is 10.2 Å². The molecular weight excluding hydrogens is 152 g/mol. The topological polar surface area (TPSA) is 32.3 Å². The molecule has 70 valence electrons. The van der Waals surface area contributed by atoms with Gasteiger partial charge in [0.2, 0.25) is 5.91 Å². The van der Waals surface area contributed by atoms with Crippen molar-refractivity contribution in [1.29, 1.82) is 0 Å². The van der Waals surface area contributed by atoms with Crippen molar-refractivity contribution in [2.24, 2.45) is 0 Å². The molecular formula is C9H18N2O. The van der Waals surface area contributed by atoms with Crippen LogP contribution in [0.25, 0.3) is 0 Å². The number of carbonyl (C=O) groups excluding carboxylic acids is 1. The van der Waals surface area contributed by atoms with E-state index < -0.39 is 0 Å². The maximum atomic E-state index is 11.1. The number of hydrogen-bond acceptors (Lipinski definition) is 2. The van der Waals surface area contributed by atoms with Crippen LogP contribution in [0.3, 0.4) is 0 Å². The van der Waals surface area contributed by atoms with Crippen molar-refractivity contribution < 1.29 is 4.79 Å². The summed E-state index contributed by atoms with van der Waals surface area (Å²) in [5.74, 6) is 0.320. The molecule has 1 aliphatic heterocycles. The first kappa shape index (κ1) is 9.52. The van der Waals surface area contributed by atoms with Crippen molar-refractivity contribution in [2.45, 2.75) is 32.7 Å². The zero-order valence-corrected chi connectivity index (χ0v) is 7.97. The van der Waals surface area contributed by atoms with Crippen molar-refractivity contribution >= 4 is 5.91 Å². The third-order valence-electron chi connectivity index (χ3n) is 2.11. The highest BCUT2D eigenvalue weighted by Gasteiger charge is 2.18. The van der Waals surface area contributed by atoms with E-state index in [2.05, 4.69) is 19.2 Å². The lowest BCUT2D eigenvalue weighted by Gasteiger charge is -2.16. The molecule has 0 aromatic rings. The van der Waals surface area contributed by atoms with Crippen LogP contribution in [0.4, 0.5) is 0 Å². The highest BCUT2D eigenvalue weighted by Crippen LogP contribution is 2.07. The highest BCUT2D eigenvalue weighted by molar-refractivity contribution is 5.78. The van der Waals surface area contributed by atoms with E-state index in [1.807, 2.05) is 4.90 Å². The first-order chi connectivity index (χ1) is 5.70. The van der Waals surface area contributed by atoms with Crippen molar-refractivity contribution in [3.63, 3.8) is 0 Å². The summed E-state index contributed by atoms with van der Waals surface area (Å²) in [5.41, 5.74) is 0. The molecule has 0 aliphatic carbocycles. The van der Waals surface area contributed by atoms with Crippen LogP contribution in [0, 0.1) is 0 Å². The zero-order chi connectivity index (χ0) is 8.97. The monoisotopic (exact) mass is 170 g/mol. The Kier molecular flexibility index (Phi) is 3.53. The molecule has 0 aromatic carbocycles. The number of likely N-dealkylation sites (tertiary alicyclic amines) is 1. The predicted octanol–water partition coefficient (Wildman–Crippen LogP) is 0.607. The molecule has 12 heavy (non-hydrogen) atoms. The average molecular weight is 170 g/mol. The van der Waals surface area contributed by atoms with Gasteiger partial charge in [0.1, 0.15) is 0 Å². The summed E-state index contributed by atoms with van der Waals surface area (Å²) in [6, 6.07) is 0.516. The molecule has 1 heterocycles. The smallest absolute Gasteiger partial charge is 0.222 e. The Balaban J connectivity index is 2.10. The minimum atomic E-state index is 0.320. The second-order valence-electron chi connectivity index (χ2n) is 3.59. The number of hydrogen-bond donors (Lipinski definition) is 1. The van der Waals surface area contributed by atoms with Gasteiger partial charge in [0.15, 0.2) is 0 Å². The van der Waals surface area contributed by atoms with Crippen molar-refractivity contribution in [3.8, 4) is 0 Å². The summed E-state index contributed by atoms with van der Waals surface area (Å²) in [7, 11) is 0. The summed E-state index contributed by atoms with van der Waals surface area (Å²) in [6.07, 6.45) is 1.79. The van der Waals surface area contributed by atoms with Crippen molar-refractivity contribution in [2.75, 3.05) is 19.6 Å². The van der Waals surface area contributed by atoms with Gasteiger partial charge in [0.25, 0.3) is 0 Å². The first-order valence-corrected chi connectivity index (χ1v) is 4.71. The molecule has 0 radical (unpaired) electrons. The molecule has 1 saturated heterocycles. The Hall–Kier alpha value is -0.570. The highest BCUT2D eigenvalue weighted by atomic mass is 16.2. The lowest BCUT2D eigenvalue weighted by Crippen LogP contribution is -2.35. The van der Waals surface area contributed by atoms with E-state index in [1.54, 1.807) is 0 Å². The van der Waals surface area contributed by atoms with Gasteiger partial charge in [-0.25, -0.2) is 0 Å². The maximum Gasteiger partial charge on any atom is 0.222 e. The lowest BCUT2D eigenvalue weighted by atomic mass is 10.4. The van der Waals surface area contributed by atoms with Gasteiger partial charge in [0, 0.05) is 32.1 Å². The van der Waals surface area contributed by atoms with Crippen LogP contribution < -0.4 is 5.32 Å². The normalized spacial score (nSPS) is 17.9. The molecule has 0 atom stereocenters. The summed E-state index contributed by atoms with van der Waals surface area (Å²) in [5, 5.41) is 3.30. The van der Waals surface area contributed by atoms with E-state index in [0.717, 1.165) is 32.5 Å². The molecule has 0 unspecified atom stereocenters. The van der Waals surface area contributed by atoms with E-state index >= 15 is 0 Å². The van der Waals surface area contributed by atoms with Crippen LogP contribution in [0.2, 0.25) is 0 Å². The van der Waals surface area contributed by atoms with E-state index in [9.17, 15) is 4.79 Å². The largest absolute Gasteiger partial charge is 0.341 e. The minimum absolute atomic E-state index is 0.320. The molecule has 0 aromatic heterocycles. The van der Waals surface area contributed by atoms with Crippen LogP contribution in [0.15, 0.2) is 0 Å². The Bertz CT molecular complexity index is 157. The number of nitrogens with one attached hydrogen (secondary N) is 1. The Morgan fingerprint density at radius 2 is 2.33 bits per heavy atom. The number of carbonyl (C=O) groups is 1. The molecule has 1 N–H and O–H groups in total. The standard InChI is InChI=1S/C9H18N2O/c1-8(2)10-5-7-11-6-3-4-9(11)12/h8,10H,3-7H2,1-2H3. The number of amides is 1. The van der Waals surface area contributed by atoms with Crippen LogP contribution >= 0.6 is 0 Å². The fraction of sp³-hybridized carbons (Fsp3) is 0.889. The molecule has 1 fully saturated rings. The van der Waals surface area contributed by atoms with E-state index in [4.69, 9.17) is 0 Å².